The van der Waals surface area contributed by atoms with Crippen LogP contribution in [0.3, 0.4) is 0 Å². The van der Waals surface area contributed by atoms with E-state index >= 15 is 0 Å². The maximum atomic E-state index is 12.8. The quantitative estimate of drug-likeness (QED) is 0.848. The molecule has 6 heteroatoms. The van der Waals surface area contributed by atoms with Crippen LogP contribution in [-0.4, -0.2) is 32.4 Å². The lowest BCUT2D eigenvalue weighted by atomic mass is 10.0. The molecule has 0 saturated carbocycles. The van der Waals surface area contributed by atoms with Crippen molar-refractivity contribution < 1.29 is 13.2 Å². The summed E-state index contributed by atoms with van der Waals surface area (Å²) >= 11 is 6.14. The summed E-state index contributed by atoms with van der Waals surface area (Å²) in [5.74, 6) is 1.12. The van der Waals surface area contributed by atoms with Crippen molar-refractivity contribution >= 4 is 21.6 Å². The maximum Gasteiger partial charge on any atom is 0.243 e. The second-order valence-corrected chi connectivity index (χ2v) is 7.88. The van der Waals surface area contributed by atoms with Crippen LogP contribution in [0.2, 0.25) is 5.02 Å². The van der Waals surface area contributed by atoms with Gasteiger partial charge in [0, 0.05) is 13.1 Å². The van der Waals surface area contributed by atoms with Gasteiger partial charge in [-0.25, -0.2) is 8.42 Å². The van der Waals surface area contributed by atoms with Gasteiger partial charge in [-0.15, -0.1) is 0 Å². The number of benzene rings is 1. The van der Waals surface area contributed by atoms with E-state index in [0.29, 0.717) is 41.9 Å². The van der Waals surface area contributed by atoms with Gasteiger partial charge < -0.3 is 4.74 Å². The minimum Gasteiger partial charge on any atom is -0.492 e. The van der Waals surface area contributed by atoms with Crippen LogP contribution in [-0.2, 0) is 10.0 Å². The predicted octanol–water partition coefficient (Wildman–Crippen LogP) is 3.47. The average molecular weight is 332 g/mol. The molecule has 0 unspecified atom stereocenters. The fourth-order valence-corrected chi connectivity index (χ4v) is 4.53. The van der Waals surface area contributed by atoms with Crippen molar-refractivity contribution in [1.82, 2.24) is 4.31 Å². The van der Waals surface area contributed by atoms with E-state index in [9.17, 15) is 8.42 Å². The number of aryl methyl sites for hydroxylation is 1. The van der Waals surface area contributed by atoms with Gasteiger partial charge in [0.1, 0.15) is 5.75 Å². The molecular weight excluding hydrogens is 310 g/mol. The van der Waals surface area contributed by atoms with E-state index in [4.69, 9.17) is 16.3 Å². The third-order valence-electron chi connectivity index (χ3n) is 3.89. The highest BCUT2D eigenvalue weighted by Crippen LogP contribution is 2.33. The fourth-order valence-electron chi connectivity index (χ4n) is 2.55. The number of sulfonamides is 1. The number of hydrogen-bond acceptors (Lipinski definition) is 3. The normalized spacial score (nSPS) is 17.9. The first-order chi connectivity index (χ1) is 9.86. The van der Waals surface area contributed by atoms with E-state index in [1.54, 1.807) is 17.3 Å². The molecule has 0 bridgehead atoms. The Kier molecular flexibility index (Phi) is 5.17. The Bertz CT molecular complexity index is 608. The Balaban J connectivity index is 2.34. The average Bonchev–Trinajstić information content (AvgIpc) is 2.43. The van der Waals surface area contributed by atoms with E-state index in [1.165, 1.54) is 6.07 Å². The number of nitrogens with zero attached hydrogens (tertiary/aromatic N) is 1. The molecule has 0 atom stereocenters. The smallest absolute Gasteiger partial charge is 0.243 e. The summed E-state index contributed by atoms with van der Waals surface area (Å²) in [6.07, 6.45) is 1.81. The SMILES string of the molecule is CCOc1cc(C)c(S(=O)(=O)N2CCC(C)CC2)cc1Cl. The van der Waals surface area contributed by atoms with E-state index in [-0.39, 0.29) is 4.90 Å². The van der Waals surface area contributed by atoms with Gasteiger partial charge in [-0.3, -0.25) is 0 Å². The zero-order valence-electron chi connectivity index (χ0n) is 12.7. The van der Waals surface area contributed by atoms with E-state index in [0.717, 1.165) is 12.8 Å². The first kappa shape index (κ1) is 16.6. The zero-order valence-corrected chi connectivity index (χ0v) is 14.3. The van der Waals surface area contributed by atoms with Crippen LogP contribution in [0.1, 0.15) is 32.3 Å². The minimum atomic E-state index is -3.48. The van der Waals surface area contributed by atoms with Crippen molar-refractivity contribution in [3.63, 3.8) is 0 Å². The standard InChI is InChI=1S/C15H22ClNO3S/c1-4-20-14-9-12(3)15(10-13(14)16)21(18,19)17-7-5-11(2)6-8-17/h9-11H,4-8H2,1-3H3. The number of ether oxygens (including phenoxy) is 1. The van der Waals surface area contributed by atoms with Gasteiger partial charge in [-0.05, 0) is 50.3 Å². The number of rotatable bonds is 4. The molecule has 2 rings (SSSR count). The molecule has 1 aliphatic rings. The lowest BCUT2D eigenvalue weighted by Crippen LogP contribution is -2.38. The Hall–Kier alpha value is -0.780. The van der Waals surface area contributed by atoms with Gasteiger partial charge in [-0.1, -0.05) is 18.5 Å². The Morgan fingerprint density at radius 1 is 1.33 bits per heavy atom. The summed E-state index contributed by atoms with van der Waals surface area (Å²) in [5, 5.41) is 0.339. The molecule has 0 N–H and O–H groups in total. The first-order valence-corrected chi connectivity index (χ1v) is 9.11. The Morgan fingerprint density at radius 3 is 2.52 bits per heavy atom. The lowest BCUT2D eigenvalue weighted by Gasteiger charge is -2.30. The molecule has 0 spiro atoms. The van der Waals surface area contributed by atoms with Crippen LogP contribution < -0.4 is 4.74 Å². The second kappa shape index (κ2) is 6.55. The lowest BCUT2D eigenvalue weighted by molar-refractivity contribution is 0.288. The molecule has 1 heterocycles. The van der Waals surface area contributed by atoms with E-state index in [2.05, 4.69) is 6.92 Å². The van der Waals surface area contributed by atoms with Crippen molar-refractivity contribution in [2.75, 3.05) is 19.7 Å². The van der Waals surface area contributed by atoms with Crippen LogP contribution in [0, 0.1) is 12.8 Å². The van der Waals surface area contributed by atoms with Crippen molar-refractivity contribution in [3.8, 4) is 5.75 Å². The first-order valence-electron chi connectivity index (χ1n) is 7.29. The summed E-state index contributed by atoms with van der Waals surface area (Å²) in [6.45, 7) is 7.45. The summed E-state index contributed by atoms with van der Waals surface area (Å²) in [4.78, 5) is 0.283. The minimum absolute atomic E-state index is 0.283. The van der Waals surface area contributed by atoms with Gasteiger partial charge in [0.2, 0.25) is 10.0 Å². The summed E-state index contributed by atoms with van der Waals surface area (Å²) in [7, 11) is -3.48. The maximum absolute atomic E-state index is 12.8. The van der Waals surface area contributed by atoms with Crippen molar-refractivity contribution in [1.29, 1.82) is 0 Å². The third-order valence-corrected chi connectivity index (χ3v) is 6.23. The summed E-state index contributed by atoms with van der Waals surface area (Å²) < 4.78 is 32.5. The molecule has 4 nitrogen and oxygen atoms in total. The van der Waals surface area contributed by atoms with Crippen LogP contribution in [0.4, 0.5) is 0 Å². The number of piperidine rings is 1. The third kappa shape index (κ3) is 3.52. The molecule has 0 radical (unpaired) electrons. The van der Waals surface area contributed by atoms with Crippen molar-refractivity contribution in [2.24, 2.45) is 5.92 Å². The zero-order chi connectivity index (χ0) is 15.6. The van der Waals surface area contributed by atoms with Crippen molar-refractivity contribution in [3.05, 3.63) is 22.7 Å². The Morgan fingerprint density at radius 2 is 1.95 bits per heavy atom. The van der Waals surface area contributed by atoms with Gasteiger partial charge in [0.05, 0.1) is 16.5 Å². The predicted molar refractivity (Wildman–Crippen MR) is 84.5 cm³/mol. The van der Waals surface area contributed by atoms with Gasteiger partial charge >= 0.3 is 0 Å². The molecule has 1 aliphatic heterocycles. The summed E-state index contributed by atoms with van der Waals surface area (Å²) in [5.41, 5.74) is 0.668. The van der Waals surface area contributed by atoms with Crippen LogP contribution in [0.15, 0.2) is 17.0 Å². The van der Waals surface area contributed by atoms with Gasteiger partial charge in [0.15, 0.2) is 0 Å². The molecular formula is C15H22ClNO3S. The van der Waals surface area contributed by atoms with Crippen LogP contribution >= 0.6 is 11.6 Å². The molecule has 0 amide bonds. The van der Waals surface area contributed by atoms with Crippen LogP contribution in [0.25, 0.3) is 0 Å². The molecule has 0 aliphatic carbocycles. The Labute approximate surface area is 132 Å². The molecule has 1 saturated heterocycles. The van der Waals surface area contributed by atoms with Gasteiger partial charge in [0.25, 0.3) is 0 Å². The molecule has 1 aromatic rings. The largest absolute Gasteiger partial charge is 0.492 e. The van der Waals surface area contributed by atoms with Gasteiger partial charge in [-0.2, -0.15) is 4.31 Å². The molecule has 1 aromatic carbocycles. The second-order valence-electron chi connectivity index (χ2n) is 5.57. The molecule has 0 aromatic heterocycles. The van der Waals surface area contributed by atoms with Crippen LogP contribution in [0.5, 0.6) is 5.75 Å². The molecule has 118 valence electrons. The summed E-state index contributed by atoms with van der Waals surface area (Å²) in [6, 6.07) is 3.21. The van der Waals surface area contributed by atoms with E-state index < -0.39 is 10.0 Å². The van der Waals surface area contributed by atoms with E-state index in [1.807, 2.05) is 6.92 Å². The topological polar surface area (TPSA) is 46.6 Å². The molecule has 21 heavy (non-hydrogen) atoms. The van der Waals surface area contributed by atoms with Crippen molar-refractivity contribution in [2.45, 2.75) is 38.5 Å². The monoisotopic (exact) mass is 331 g/mol. The highest BCUT2D eigenvalue weighted by Gasteiger charge is 2.29. The highest BCUT2D eigenvalue weighted by molar-refractivity contribution is 7.89. The highest BCUT2D eigenvalue weighted by atomic mass is 35.5. The fraction of sp³-hybridized carbons (Fsp3) is 0.600. The number of halogens is 1. The number of hydrogen-bond donors (Lipinski definition) is 0. The molecule has 1 fully saturated rings.